The zero-order valence-electron chi connectivity index (χ0n) is 14.5. The lowest BCUT2D eigenvalue weighted by molar-refractivity contribution is 0.0952. The van der Waals surface area contributed by atoms with E-state index in [2.05, 4.69) is 12.2 Å². The van der Waals surface area contributed by atoms with E-state index in [4.69, 9.17) is 0 Å². The second-order valence-corrected chi connectivity index (χ2v) is 8.25. The quantitative estimate of drug-likeness (QED) is 0.694. The van der Waals surface area contributed by atoms with Crippen LogP contribution in [-0.2, 0) is 10.0 Å². The van der Waals surface area contributed by atoms with Gasteiger partial charge < -0.3 is 5.32 Å². The van der Waals surface area contributed by atoms with Crippen molar-refractivity contribution in [2.24, 2.45) is 0 Å². The molecule has 6 heteroatoms. The lowest BCUT2D eigenvalue weighted by Gasteiger charge is -2.16. The van der Waals surface area contributed by atoms with Crippen molar-refractivity contribution in [3.63, 3.8) is 0 Å². The number of sulfonamides is 1. The van der Waals surface area contributed by atoms with E-state index in [1.807, 2.05) is 0 Å². The summed E-state index contributed by atoms with van der Waals surface area (Å²) in [5.41, 5.74) is 0.406. The first-order valence-electron chi connectivity index (χ1n) is 8.94. The molecular weight excluding hydrogens is 324 g/mol. The van der Waals surface area contributed by atoms with Crippen LogP contribution >= 0.6 is 0 Å². The van der Waals surface area contributed by atoms with E-state index in [9.17, 15) is 13.2 Å². The molecule has 0 saturated carbocycles. The van der Waals surface area contributed by atoms with Crippen molar-refractivity contribution in [1.82, 2.24) is 9.62 Å². The largest absolute Gasteiger partial charge is 0.352 e. The molecule has 1 saturated heterocycles. The SMILES string of the molecule is CCCCCCCNC(=O)c1cccc(S(=O)(=O)N2CCCC2)c1. The Morgan fingerprint density at radius 1 is 1.12 bits per heavy atom. The number of rotatable bonds is 9. The zero-order valence-corrected chi connectivity index (χ0v) is 15.3. The predicted octanol–water partition coefficient (Wildman–Crippen LogP) is 3.17. The fraction of sp³-hybridized carbons (Fsp3) is 0.611. The number of nitrogens with one attached hydrogen (secondary N) is 1. The molecule has 1 aliphatic heterocycles. The van der Waals surface area contributed by atoms with Crippen LogP contribution in [0.5, 0.6) is 0 Å². The van der Waals surface area contributed by atoms with Crippen molar-refractivity contribution >= 4 is 15.9 Å². The highest BCUT2D eigenvalue weighted by atomic mass is 32.2. The van der Waals surface area contributed by atoms with Gasteiger partial charge in [0, 0.05) is 25.2 Å². The fourth-order valence-corrected chi connectivity index (χ4v) is 4.47. The van der Waals surface area contributed by atoms with Gasteiger partial charge in [0.1, 0.15) is 0 Å². The summed E-state index contributed by atoms with van der Waals surface area (Å²) in [4.78, 5) is 12.4. The van der Waals surface area contributed by atoms with Crippen LogP contribution < -0.4 is 5.32 Å². The summed E-state index contributed by atoms with van der Waals surface area (Å²) in [5.74, 6) is -0.205. The number of nitrogens with zero attached hydrogens (tertiary/aromatic N) is 1. The molecular formula is C18H28N2O3S. The number of benzene rings is 1. The van der Waals surface area contributed by atoms with E-state index in [0.29, 0.717) is 25.2 Å². The first kappa shape index (κ1) is 18.9. The van der Waals surface area contributed by atoms with Crippen LogP contribution in [0.15, 0.2) is 29.2 Å². The number of hydrogen-bond donors (Lipinski definition) is 1. The summed E-state index contributed by atoms with van der Waals surface area (Å²) in [6.07, 6.45) is 7.48. The third-order valence-electron chi connectivity index (χ3n) is 4.36. The van der Waals surface area contributed by atoms with Crippen molar-refractivity contribution in [2.45, 2.75) is 56.8 Å². The monoisotopic (exact) mass is 352 g/mol. The van der Waals surface area contributed by atoms with Gasteiger partial charge in [-0.3, -0.25) is 4.79 Å². The molecule has 1 N–H and O–H groups in total. The molecule has 1 fully saturated rings. The molecule has 1 amide bonds. The Bertz CT molecular complexity index is 637. The minimum Gasteiger partial charge on any atom is -0.352 e. The molecule has 1 heterocycles. The third-order valence-corrected chi connectivity index (χ3v) is 6.26. The number of carbonyl (C=O) groups excluding carboxylic acids is 1. The van der Waals surface area contributed by atoms with E-state index in [1.165, 1.54) is 29.6 Å². The van der Waals surface area contributed by atoms with Gasteiger partial charge in [-0.05, 0) is 37.5 Å². The Morgan fingerprint density at radius 2 is 1.83 bits per heavy atom. The lowest BCUT2D eigenvalue weighted by atomic mass is 10.1. The first-order valence-corrected chi connectivity index (χ1v) is 10.4. The second-order valence-electron chi connectivity index (χ2n) is 6.31. The normalized spacial score (nSPS) is 15.5. The minimum atomic E-state index is -3.48. The second kappa shape index (κ2) is 9.18. The lowest BCUT2D eigenvalue weighted by Crippen LogP contribution is -2.28. The molecule has 5 nitrogen and oxygen atoms in total. The molecule has 0 unspecified atom stereocenters. The van der Waals surface area contributed by atoms with E-state index < -0.39 is 10.0 Å². The van der Waals surface area contributed by atoms with Crippen LogP contribution in [0.3, 0.4) is 0 Å². The summed E-state index contributed by atoms with van der Waals surface area (Å²) in [6, 6.07) is 6.35. The van der Waals surface area contributed by atoms with E-state index in [-0.39, 0.29) is 10.8 Å². The average molecular weight is 353 g/mol. The molecule has 0 radical (unpaired) electrons. The molecule has 0 aliphatic carbocycles. The molecule has 1 aromatic rings. The van der Waals surface area contributed by atoms with Crippen LogP contribution in [0, 0.1) is 0 Å². The Kier molecular flexibility index (Phi) is 7.24. The van der Waals surface area contributed by atoms with Gasteiger partial charge >= 0.3 is 0 Å². The molecule has 2 rings (SSSR count). The maximum absolute atomic E-state index is 12.6. The van der Waals surface area contributed by atoms with Crippen molar-refractivity contribution in [1.29, 1.82) is 0 Å². The third kappa shape index (κ3) is 5.05. The van der Waals surface area contributed by atoms with Crippen molar-refractivity contribution in [3.8, 4) is 0 Å². The molecule has 1 aliphatic rings. The van der Waals surface area contributed by atoms with Gasteiger partial charge in [-0.2, -0.15) is 4.31 Å². The van der Waals surface area contributed by atoms with Crippen LogP contribution in [-0.4, -0.2) is 38.3 Å². The molecule has 1 aromatic carbocycles. The Hall–Kier alpha value is -1.40. The van der Waals surface area contributed by atoms with Gasteiger partial charge in [0.2, 0.25) is 10.0 Å². The van der Waals surface area contributed by atoms with Gasteiger partial charge in [-0.25, -0.2) is 8.42 Å². The van der Waals surface area contributed by atoms with Crippen LogP contribution in [0.1, 0.15) is 62.2 Å². The molecule has 0 spiro atoms. The van der Waals surface area contributed by atoms with Crippen molar-refractivity contribution < 1.29 is 13.2 Å². The number of hydrogen-bond acceptors (Lipinski definition) is 3. The van der Waals surface area contributed by atoms with Gasteiger partial charge in [0.15, 0.2) is 0 Å². The average Bonchev–Trinajstić information content (AvgIpc) is 3.13. The molecule has 134 valence electrons. The highest BCUT2D eigenvalue weighted by Crippen LogP contribution is 2.21. The summed E-state index contributed by atoms with van der Waals surface area (Å²) < 4.78 is 26.6. The van der Waals surface area contributed by atoms with E-state index in [1.54, 1.807) is 18.2 Å². The van der Waals surface area contributed by atoms with E-state index >= 15 is 0 Å². The molecule has 0 aromatic heterocycles. The topological polar surface area (TPSA) is 66.5 Å². The Morgan fingerprint density at radius 3 is 2.54 bits per heavy atom. The Balaban J connectivity index is 1.93. The first-order chi connectivity index (χ1) is 11.6. The van der Waals surface area contributed by atoms with Crippen LogP contribution in [0.2, 0.25) is 0 Å². The number of unbranched alkanes of at least 4 members (excludes halogenated alkanes) is 4. The van der Waals surface area contributed by atoms with Crippen molar-refractivity contribution in [3.05, 3.63) is 29.8 Å². The van der Waals surface area contributed by atoms with Gasteiger partial charge in [-0.1, -0.05) is 38.7 Å². The minimum absolute atomic E-state index is 0.205. The summed E-state index contributed by atoms with van der Waals surface area (Å²) in [5, 5.41) is 2.88. The molecule has 0 bridgehead atoms. The smallest absolute Gasteiger partial charge is 0.251 e. The Labute approximate surface area is 145 Å². The van der Waals surface area contributed by atoms with Crippen LogP contribution in [0.4, 0.5) is 0 Å². The number of carbonyl (C=O) groups is 1. The molecule has 0 atom stereocenters. The number of amides is 1. The maximum Gasteiger partial charge on any atom is 0.251 e. The van der Waals surface area contributed by atoms with Crippen molar-refractivity contribution in [2.75, 3.05) is 19.6 Å². The maximum atomic E-state index is 12.6. The highest BCUT2D eigenvalue weighted by molar-refractivity contribution is 7.89. The summed E-state index contributed by atoms with van der Waals surface area (Å²) >= 11 is 0. The molecule has 24 heavy (non-hydrogen) atoms. The fourth-order valence-electron chi connectivity index (χ4n) is 2.91. The summed E-state index contributed by atoms with van der Waals surface area (Å²) in [7, 11) is -3.48. The summed E-state index contributed by atoms with van der Waals surface area (Å²) in [6.45, 7) is 3.93. The van der Waals surface area contributed by atoms with Crippen LogP contribution in [0.25, 0.3) is 0 Å². The predicted molar refractivity (Wildman–Crippen MR) is 95.5 cm³/mol. The van der Waals surface area contributed by atoms with Gasteiger partial charge in [-0.15, -0.1) is 0 Å². The van der Waals surface area contributed by atoms with Gasteiger partial charge in [0.25, 0.3) is 5.91 Å². The van der Waals surface area contributed by atoms with E-state index in [0.717, 1.165) is 25.7 Å². The standard InChI is InChI=1S/C18H28N2O3S/c1-2-3-4-5-6-12-19-18(21)16-10-9-11-17(15-16)24(22,23)20-13-7-8-14-20/h9-11,15H,2-8,12-14H2,1H3,(H,19,21). The highest BCUT2D eigenvalue weighted by Gasteiger charge is 2.27. The zero-order chi connectivity index (χ0) is 17.4. The van der Waals surface area contributed by atoms with Gasteiger partial charge in [0.05, 0.1) is 4.90 Å².